The first kappa shape index (κ1) is 19.4. The van der Waals surface area contributed by atoms with Crippen molar-refractivity contribution in [1.82, 2.24) is 20.0 Å². The Bertz CT molecular complexity index is 673. The summed E-state index contributed by atoms with van der Waals surface area (Å²) in [6.45, 7) is 1.23. The lowest BCUT2D eigenvalue weighted by molar-refractivity contribution is -0.134. The van der Waals surface area contributed by atoms with Crippen LogP contribution in [0.15, 0.2) is 12.4 Å². The van der Waals surface area contributed by atoms with Crippen LogP contribution in [-0.2, 0) is 9.59 Å². The minimum atomic E-state index is -0.988. The Hall–Kier alpha value is -2.38. The van der Waals surface area contributed by atoms with Crippen LogP contribution in [0.4, 0.5) is 0 Å². The van der Waals surface area contributed by atoms with Crippen LogP contribution in [-0.4, -0.2) is 57.2 Å². The van der Waals surface area contributed by atoms with Crippen molar-refractivity contribution >= 4 is 17.8 Å². The number of carboxylic acid groups (broad SMARTS) is 1. The lowest BCUT2D eigenvalue weighted by Gasteiger charge is -2.32. The van der Waals surface area contributed by atoms with Gasteiger partial charge in [0.1, 0.15) is 0 Å². The van der Waals surface area contributed by atoms with Crippen LogP contribution in [0, 0.1) is 5.92 Å². The summed E-state index contributed by atoms with van der Waals surface area (Å²) in [6.07, 6.45) is 10.8. The third-order valence-corrected chi connectivity index (χ3v) is 5.68. The Morgan fingerprint density at radius 2 is 1.81 bits per heavy atom. The first-order valence-electron chi connectivity index (χ1n) is 9.85. The second kappa shape index (κ2) is 9.01. The molecule has 2 amide bonds. The number of carbonyl (C=O) groups is 3. The number of nitrogens with zero attached hydrogens (tertiary/aromatic N) is 3. The average molecular weight is 376 g/mol. The summed E-state index contributed by atoms with van der Waals surface area (Å²) < 4.78 is 1.68. The van der Waals surface area contributed by atoms with Crippen molar-refractivity contribution < 1.29 is 19.5 Å². The third-order valence-electron chi connectivity index (χ3n) is 5.68. The van der Waals surface area contributed by atoms with Gasteiger partial charge < -0.3 is 15.3 Å². The highest BCUT2D eigenvalue weighted by atomic mass is 16.4. The SMILES string of the molecule is O=C(CC1CCCCC1)NCC(=O)N1CCC(n2cc(C(=O)O)cn2)CC1. The van der Waals surface area contributed by atoms with Gasteiger partial charge in [0.15, 0.2) is 0 Å². The van der Waals surface area contributed by atoms with Gasteiger partial charge in [0.2, 0.25) is 11.8 Å². The number of carboxylic acids is 1. The highest BCUT2D eigenvalue weighted by molar-refractivity contribution is 5.87. The van der Waals surface area contributed by atoms with E-state index in [2.05, 4.69) is 10.4 Å². The van der Waals surface area contributed by atoms with E-state index >= 15 is 0 Å². The standard InChI is InChI=1S/C19H28N4O4/c24-17(10-14-4-2-1-3-5-14)20-12-18(25)22-8-6-16(7-9-22)23-13-15(11-21-23)19(26)27/h11,13-14,16H,1-10,12H2,(H,20,24)(H,26,27). The zero-order valence-electron chi connectivity index (χ0n) is 15.6. The molecule has 27 heavy (non-hydrogen) atoms. The summed E-state index contributed by atoms with van der Waals surface area (Å²) in [5.74, 6) is -0.604. The molecule has 1 aromatic heterocycles. The number of hydrogen-bond donors (Lipinski definition) is 2. The molecule has 1 aliphatic heterocycles. The van der Waals surface area contributed by atoms with Crippen LogP contribution in [0.2, 0.25) is 0 Å². The second-order valence-corrected chi connectivity index (χ2v) is 7.61. The first-order chi connectivity index (χ1) is 13.0. The van der Waals surface area contributed by atoms with E-state index in [9.17, 15) is 14.4 Å². The molecule has 1 aliphatic carbocycles. The lowest BCUT2D eigenvalue weighted by atomic mass is 9.87. The minimum absolute atomic E-state index is 0.0251. The fraction of sp³-hybridized carbons (Fsp3) is 0.684. The van der Waals surface area contributed by atoms with Crippen LogP contribution in [0.5, 0.6) is 0 Å². The van der Waals surface area contributed by atoms with Crippen LogP contribution in [0.25, 0.3) is 0 Å². The van der Waals surface area contributed by atoms with Gasteiger partial charge in [0.25, 0.3) is 0 Å². The molecular weight excluding hydrogens is 348 g/mol. The molecule has 2 N–H and O–H groups in total. The predicted octanol–water partition coefficient (Wildman–Crippen LogP) is 1.83. The Kier molecular flexibility index (Phi) is 6.47. The van der Waals surface area contributed by atoms with E-state index in [4.69, 9.17) is 5.11 Å². The van der Waals surface area contributed by atoms with Gasteiger partial charge in [0.05, 0.1) is 24.3 Å². The van der Waals surface area contributed by atoms with Gasteiger partial charge in [-0.2, -0.15) is 5.10 Å². The zero-order valence-corrected chi connectivity index (χ0v) is 15.6. The fourth-order valence-electron chi connectivity index (χ4n) is 4.04. The van der Waals surface area contributed by atoms with E-state index in [1.54, 1.807) is 9.58 Å². The molecule has 148 valence electrons. The van der Waals surface area contributed by atoms with Gasteiger partial charge in [-0.15, -0.1) is 0 Å². The summed E-state index contributed by atoms with van der Waals surface area (Å²) in [5.41, 5.74) is 0.175. The number of carbonyl (C=O) groups excluding carboxylic acids is 2. The number of aromatic nitrogens is 2. The zero-order chi connectivity index (χ0) is 19.2. The van der Waals surface area contributed by atoms with Gasteiger partial charge in [-0.1, -0.05) is 19.3 Å². The first-order valence-corrected chi connectivity index (χ1v) is 9.85. The molecule has 1 aromatic rings. The molecule has 2 aliphatic rings. The highest BCUT2D eigenvalue weighted by Crippen LogP contribution is 2.26. The maximum Gasteiger partial charge on any atom is 0.338 e. The molecule has 0 aromatic carbocycles. The third kappa shape index (κ3) is 5.30. The molecule has 0 bridgehead atoms. The Balaban J connectivity index is 1.38. The van der Waals surface area contributed by atoms with Gasteiger partial charge in [-0.3, -0.25) is 14.3 Å². The molecule has 1 saturated carbocycles. The largest absolute Gasteiger partial charge is 0.478 e. The molecule has 0 atom stereocenters. The summed E-state index contributed by atoms with van der Waals surface area (Å²) >= 11 is 0. The molecule has 3 rings (SSSR count). The Labute approximate surface area is 158 Å². The Morgan fingerprint density at radius 1 is 1.11 bits per heavy atom. The highest BCUT2D eigenvalue weighted by Gasteiger charge is 2.25. The molecular formula is C19H28N4O4. The summed E-state index contributed by atoms with van der Waals surface area (Å²) in [5, 5.41) is 15.9. The molecule has 8 nitrogen and oxygen atoms in total. The summed E-state index contributed by atoms with van der Waals surface area (Å²) in [7, 11) is 0. The van der Waals surface area contributed by atoms with Crippen molar-refractivity contribution in [2.45, 2.75) is 57.4 Å². The fourth-order valence-corrected chi connectivity index (χ4v) is 4.04. The topological polar surface area (TPSA) is 105 Å². The normalized spacial score (nSPS) is 19.0. The predicted molar refractivity (Wildman–Crippen MR) is 98.2 cm³/mol. The number of likely N-dealkylation sites (tertiary alicyclic amines) is 1. The van der Waals surface area contributed by atoms with Gasteiger partial charge in [-0.25, -0.2) is 4.79 Å². The van der Waals surface area contributed by atoms with Crippen LogP contribution < -0.4 is 5.32 Å². The minimum Gasteiger partial charge on any atom is -0.478 e. The van der Waals surface area contributed by atoms with Crippen LogP contribution in [0.3, 0.4) is 0 Å². The average Bonchev–Trinajstić information content (AvgIpc) is 3.18. The van der Waals surface area contributed by atoms with Crippen molar-refractivity contribution in [3.63, 3.8) is 0 Å². The number of amides is 2. The maximum atomic E-state index is 12.3. The van der Waals surface area contributed by atoms with Gasteiger partial charge in [-0.05, 0) is 31.6 Å². The molecule has 0 radical (unpaired) electrons. The van der Waals surface area contributed by atoms with Crippen molar-refractivity contribution in [2.75, 3.05) is 19.6 Å². The van der Waals surface area contributed by atoms with E-state index < -0.39 is 5.97 Å². The van der Waals surface area contributed by atoms with Crippen molar-refractivity contribution in [3.05, 3.63) is 18.0 Å². The monoisotopic (exact) mass is 376 g/mol. The van der Waals surface area contributed by atoms with Gasteiger partial charge in [0, 0.05) is 25.7 Å². The number of nitrogens with one attached hydrogen (secondary N) is 1. The quantitative estimate of drug-likeness (QED) is 0.788. The molecule has 2 heterocycles. The number of piperidine rings is 1. The van der Waals surface area contributed by atoms with E-state index in [-0.39, 0.29) is 30.0 Å². The number of aromatic carboxylic acids is 1. The maximum absolute atomic E-state index is 12.3. The van der Waals surface area contributed by atoms with Crippen LogP contribution in [0.1, 0.15) is 67.8 Å². The second-order valence-electron chi connectivity index (χ2n) is 7.61. The lowest BCUT2D eigenvalue weighted by Crippen LogP contribution is -2.44. The van der Waals surface area contributed by atoms with Crippen molar-refractivity contribution in [2.24, 2.45) is 5.92 Å². The molecule has 2 fully saturated rings. The molecule has 8 heteroatoms. The smallest absolute Gasteiger partial charge is 0.338 e. The van der Waals surface area contributed by atoms with E-state index in [1.165, 1.54) is 31.7 Å². The molecule has 0 spiro atoms. The number of hydrogen-bond acceptors (Lipinski definition) is 4. The van der Waals surface area contributed by atoms with Gasteiger partial charge >= 0.3 is 5.97 Å². The summed E-state index contributed by atoms with van der Waals surface area (Å²) in [6, 6.07) is 0.100. The van der Waals surface area contributed by atoms with E-state index in [0.717, 1.165) is 25.7 Å². The Morgan fingerprint density at radius 3 is 2.44 bits per heavy atom. The number of rotatable bonds is 6. The van der Waals surface area contributed by atoms with E-state index in [0.29, 0.717) is 25.4 Å². The summed E-state index contributed by atoms with van der Waals surface area (Å²) in [4.78, 5) is 37.1. The molecule has 1 saturated heterocycles. The van der Waals surface area contributed by atoms with Crippen LogP contribution >= 0.6 is 0 Å². The van der Waals surface area contributed by atoms with Crippen molar-refractivity contribution in [3.8, 4) is 0 Å². The van der Waals surface area contributed by atoms with E-state index in [1.807, 2.05) is 0 Å². The van der Waals surface area contributed by atoms with Crippen molar-refractivity contribution in [1.29, 1.82) is 0 Å². The molecule has 0 unspecified atom stereocenters.